The van der Waals surface area contributed by atoms with Crippen molar-refractivity contribution in [2.45, 2.75) is 13.5 Å². The molecule has 1 aliphatic rings. The summed E-state index contributed by atoms with van der Waals surface area (Å²) in [5, 5.41) is 3.85. The van der Waals surface area contributed by atoms with E-state index >= 15 is 0 Å². The van der Waals surface area contributed by atoms with E-state index < -0.39 is 0 Å². The van der Waals surface area contributed by atoms with Gasteiger partial charge in [0.1, 0.15) is 5.75 Å². The van der Waals surface area contributed by atoms with Gasteiger partial charge in [-0.25, -0.2) is 0 Å². The topological polar surface area (TPSA) is 74.4 Å². The number of amides is 2. The number of aromatic amines is 1. The third kappa shape index (κ3) is 3.30. The molecule has 0 saturated heterocycles. The van der Waals surface area contributed by atoms with E-state index in [0.29, 0.717) is 34.6 Å². The average molecular weight is 428 g/mol. The lowest BCUT2D eigenvalue weighted by Gasteiger charge is -2.24. The molecule has 0 aliphatic carbocycles. The van der Waals surface area contributed by atoms with E-state index in [2.05, 4.69) is 26.2 Å². The van der Waals surface area contributed by atoms with Crippen LogP contribution in [0.25, 0.3) is 10.9 Å². The summed E-state index contributed by atoms with van der Waals surface area (Å²) in [6, 6.07) is 11.4. The minimum Gasteiger partial charge on any atom is -0.482 e. The Morgan fingerprint density at radius 3 is 2.93 bits per heavy atom. The van der Waals surface area contributed by atoms with Gasteiger partial charge in [-0.2, -0.15) is 0 Å². The van der Waals surface area contributed by atoms with Gasteiger partial charge >= 0.3 is 0 Å². The van der Waals surface area contributed by atoms with Crippen LogP contribution in [0.1, 0.15) is 22.8 Å². The lowest BCUT2D eigenvalue weighted by atomic mass is 10.1. The number of nitrogens with one attached hydrogen (secondary N) is 2. The predicted octanol–water partition coefficient (Wildman–Crippen LogP) is 3.92. The van der Waals surface area contributed by atoms with Crippen molar-refractivity contribution in [2.75, 3.05) is 18.5 Å². The number of H-pyrrole nitrogens is 1. The second-order valence-corrected chi connectivity index (χ2v) is 7.20. The van der Waals surface area contributed by atoms with E-state index in [4.69, 9.17) is 4.74 Å². The Bertz CT molecular complexity index is 1040. The van der Waals surface area contributed by atoms with Crippen LogP contribution in [0, 0.1) is 0 Å². The summed E-state index contributed by atoms with van der Waals surface area (Å²) in [6.45, 7) is 2.98. The summed E-state index contributed by atoms with van der Waals surface area (Å²) in [5.74, 6) is 0.199. The summed E-state index contributed by atoms with van der Waals surface area (Å²) in [7, 11) is 0. The minimum atomic E-state index is -0.206. The van der Waals surface area contributed by atoms with Gasteiger partial charge in [0.15, 0.2) is 6.61 Å². The number of halogens is 1. The maximum absolute atomic E-state index is 13.2. The number of ether oxygens (including phenoxy) is 1. The fraction of sp³-hybridized carbons (Fsp3) is 0.200. The van der Waals surface area contributed by atoms with E-state index in [-0.39, 0.29) is 18.4 Å². The lowest BCUT2D eigenvalue weighted by molar-refractivity contribution is -0.118. The van der Waals surface area contributed by atoms with Crippen LogP contribution in [-0.4, -0.2) is 34.8 Å². The van der Waals surface area contributed by atoms with Crippen LogP contribution in [0.3, 0.4) is 0 Å². The SMILES string of the molecule is CCN(Cc1c[nH]c2ccccc12)C(=O)c1cc2c(cc1Br)NC(=O)CO2. The Balaban J connectivity index is 1.63. The molecule has 4 rings (SSSR count). The summed E-state index contributed by atoms with van der Waals surface area (Å²) < 4.78 is 6.07. The zero-order valence-corrected chi connectivity index (χ0v) is 16.3. The Labute approximate surface area is 164 Å². The third-order valence-corrected chi connectivity index (χ3v) is 5.29. The second kappa shape index (κ2) is 7.08. The number of carbonyl (C=O) groups is 2. The Hall–Kier alpha value is -2.80. The molecule has 0 radical (unpaired) electrons. The van der Waals surface area contributed by atoms with Crippen LogP contribution in [0.5, 0.6) is 5.75 Å². The molecule has 1 aliphatic heterocycles. The second-order valence-electron chi connectivity index (χ2n) is 6.34. The van der Waals surface area contributed by atoms with Gasteiger partial charge in [-0.15, -0.1) is 0 Å². The van der Waals surface area contributed by atoms with Gasteiger partial charge in [0.25, 0.3) is 11.8 Å². The zero-order valence-electron chi connectivity index (χ0n) is 14.7. The highest BCUT2D eigenvalue weighted by molar-refractivity contribution is 9.10. The highest BCUT2D eigenvalue weighted by Gasteiger charge is 2.23. The predicted molar refractivity (Wildman–Crippen MR) is 107 cm³/mol. The van der Waals surface area contributed by atoms with E-state index in [1.165, 1.54) is 0 Å². The van der Waals surface area contributed by atoms with E-state index in [1.807, 2.05) is 37.4 Å². The van der Waals surface area contributed by atoms with Crippen molar-refractivity contribution >= 4 is 44.3 Å². The van der Waals surface area contributed by atoms with Crippen LogP contribution in [-0.2, 0) is 11.3 Å². The van der Waals surface area contributed by atoms with Crippen molar-refractivity contribution in [1.82, 2.24) is 9.88 Å². The molecule has 2 heterocycles. The molecule has 0 fully saturated rings. The zero-order chi connectivity index (χ0) is 19.0. The summed E-state index contributed by atoms with van der Waals surface area (Å²) >= 11 is 3.45. The van der Waals surface area contributed by atoms with Crippen LogP contribution >= 0.6 is 15.9 Å². The highest BCUT2D eigenvalue weighted by atomic mass is 79.9. The number of para-hydroxylation sites is 1. The monoisotopic (exact) mass is 427 g/mol. The van der Waals surface area contributed by atoms with Gasteiger partial charge in [0, 0.05) is 34.7 Å². The molecular weight excluding hydrogens is 410 g/mol. The van der Waals surface area contributed by atoms with E-state index in [0.717, 1.165) is 16.5 Å². The number of benzene rings is 2. The quantitative estimate of drug-likeness (QED) is 0.662. The molecule has 0 atom stereocenters. The minimum absolute atomic E-state index is 0.0465. The average Bonchev–Trinajstić information content (AvgIpc) is 3.08. The molecule has 3 aromatic rings. The molecule has 138 valence electrons. The van der Waals surface area contributed by atoms with Gasteiger partial charge in [-0.3, -0.25) is 9.59 Å². The maximum Gasteiger partial charge on any atom is 0.262 e. The third-order valence-electron chi connectivity index (χ3n) is 4.64. The normalized spacial score (nSPS) is 13.0. The smallest absolute Gasteiger partial charge is 0.262 e. The number of hydrogen-bond donors (Lipinski definition) is 2. The van der Waals surface area contributed by atoms with Gasteiger partial charge in [0.05, 0.1) is 11.3 Å². The standard InChI is InChI=1S/C20H18BrN3O3/c1-2-24(10-12-9-22-16-6-4-3-5-13(12)16)20(26)14-7-18-17(8-15(14)21)23-19(25)11-27-18/h3-9,22H,2,10-11H2,1H3,(H,23,25). The maximum atomic E-state index is 13.2. The molecule has 7 heteroatoms. The van der Waals surface area contributed by atoms with Crippen LogP contribution in [0.4, 0.5) is 5.69 Å². The van der Waals surface area contributed by atoms with E-state index in [9.17, 15) is 9.59 Å². The van der Waals surface area contributed by atoms with Crippen LogP contribution < -0.4 is 10.1 Å². The molecule has 2 amide bonds. The molecule has 0 saturated carbocycles. The molecule has 2 N–H and O–H groups in total. The first-order valence-electron chi connectivity index (χ1n) is 8.67. The molecule has 6 nitrogen and oxygen atoms in total. The fourth-order valence-corrected chi connectivity index (χ4v) is 3.74. The number of anilines is 1. The first-order valence-corrected chi connectivity index (χ1v) is 9.46. The number of nitrogens with zero attached hydrogens (tertiary/aromatic N) is 1. The van der Waals surface area contributed by atoms with Crippen LogP contribution in [0.15, 0.2) is 47.1 Å². The number of hydrogen-bond acceptors (Lipinski definition) is 3. The Morgan fingerprint density at radius 2 is 2.11 bits per heavy atom. The van der Waals surface area contributed by atoms with Crippen molar-refractivity contribution < 1.29 is 14.3 Å². The first kappa shape index (κ1) is 17.6. The van der Waals surface area contributed by atoms with Gasteiger partial charge in [0.2, 0.25) is 0 Å². The molecule has 0 unspecified atom stereocenters. The molecule has 27 heavy (non-hydrogen) atoms. The molecule has 0 spiro atoms. The Kier molecular flexibility index (Phi) is 4.61. The molecule has 1 aromatic heterocycles. The molecule has 0 bridgehead atoms. The number of fused-ring (bicyclic) bond motifs is 2. The number of aromatic nitrogens is 1. The summed E-state index contributed by atoms with van der Waals surface area (Å²) in [6.07, 6.45) is 1.95. The molecule has 2 aromatic carbocycles. The van der Waals surface area contributed by atoms with Crippen molar-refractivity contribution in [3.63, 3.8) is 0 Å². The largest absolute Gasteiger partial charge is 0.482 e. The van der Waals surface area contributed by atoms with Crippen LogP contribution in [0.2, 0.25) is 0 Å². The number of carbonyl (C=O) groups excluding carboxylic acids is 2. The van der Waals surface area contributed by atoms with Gasteiger partial charge < -0.3 is 19.9 Å². The van der Waals surface area contributed by atoms with Crippen molar-refractivity contribution in [1.29, 1.82) is 0 Å². The first-order chi connectivity index (χ1) is 13.1. The van der Waals surface area contributed by atoms with Gasteiger partial charge in [-0.1, -0.05) is 18.2 Å². The highest BCUT2D eigenvalue weighted by Crippen LogP contribution is 2.34. The summed E-state index contributed by atoms with van der Waals surface area (Å²) in [5.41, 5.74) is 3.19. The fourth-order valence-electron chi connectivity index (χ4n) is 3.23. The lowest BCUT2D eigenvalue weighted by Crippen LogP contribution is -2.31. The molecular formula is C20H18BrN3O3. The van der Waals surface area contributed by atoms with E-state index in [1.54, 1.807) is 17.0 Å². The Morgan fingerprint density at radius 1 is 1.30 bits per heavy atom. The van der Waals surface area contributed by atoms with Crippen molar-refractivity contribution in [3.8, 4) is 5.75 Å². The van der Waals surface area contributed by atoms with Crippen molar-refractivity contribution in [3.05, 3.63) is 58.2 Å². The van der Waals surface area contributed by atoms with Gasteiger partial charge in [-0.05, 0) is 46.6 Å². The van der Waals surface area contributed by atoms with Crippen molar-refractivity contribution in [2.24, 2.45) is 0 Å². The number of rotatable bonds is 4. The summed E-state index contributed by atoms with van der Waals surface area (Å²) in [4.78, 5) is 29.6.